The summed E-state index contributed by atoms with van der Waals surface area (Å²) in [6.45, 7) is 2.88. The molecule has 0 spiro atoms. The Morgan fingerprint density at radius 3 is 2.83 bits per heavy atom. The van der Waals surface area contributed by atoms with Gasteiger partial charge in [-0.25, -0.2) is 0 Å². The smallest absolute Gasteiger partial charge is 0.0838 e. The lowest BCUT2D eigenvalue weighted by molar-refractivity contribution is 0.159. The fourth-order valence-electron chi connectivity index (χ4n) is 2.48. The Morgan fingerprint density at radius 2 is 2.25 bits per heavy atom. The van der Waals surface area contributed by atoms with Gasteiger partial charge in [0.25, 0.3) is 0 Å². The van der Waals surface area contributed by atoms with Crippen LogP contribution in [0.5, 0.6) is 0 Å². The Kier molecular flexibility index (Phi) is 2.37. The zero-order chi connectivity index (χ0) is 8.55. The summed E-state index contributed by atoms with van der Waals surface area (Å²) in [6, 6.07) is 0. The fourth-order valence-corrected chi connectivity index (χ4v) is 2.48. The Balaban J connectivity index is 1.73. The van der Waals surface area contributed by atoms with Gasteiger partial charge in [-0.2, -0.15) is 0 Å². The highest BCUT2D eigenvalue weighted by Crippen LogP contribution is 2.40. The predicted octanol–water partition coefficient (Wildman–Crippen LogP) is 1.57. The highest BCUT2D eigenvalue weighted by Gasteiger charge is 2.37. The normalized spacial score (nSPS) is 43.0. The van der Waals surface area contributed by atoms with Crippen molar-refractivity contribution < 1.29 is 9.84 Å². The van der Waals surface area contributed by atoms with Crippen molar-refractivity contribution in [2.24, 2.45) is 11.8 Å². The first-order chi connectivity index (χ1) is 5.75. The highest BCUT2D eigenvalue weighted by molar-refractivity contribution is 4.86. The number of rotatable bonds is 3. The Labute approximate surface area is 73.9 Å². The third-order valence-electron chi connectivity index (χ3n) is 3.14. The van der Waals surface area contributed by atoms with Crippen LogP contribution in [0, 0.1) is 11.8 Å². The van der Waals surface area contributed by atoms with E-state index in [1.807, 2.05) is 6.92 Å². The molecular formula is C10H18O2. The van der Waals surface area contributed by atoms with Crippen molar-refractivity contribution in [3.63, 3.8) is 0 Å². The average Bonchev–Trinajstić information content (AvgIpc) is 2.73. The summed E-state index contributed by atoms with van der Waals surface area (Å²) in [7, 11) is 0. The summed E-state index contributed by atoms with van der Waals surface area (Å²) in [4.78, 5) is 0. The predicted molar refractivity (Wildman–Crippen MR) is 46.9 cm³/mol. The molecule has 2 aliphatic rings. The van der Waals surface area contributed by atoms with E-state index >= 15 is 0 Å². The van der Waals surface area contributed by atoms with Gasteiger partial charge in [0.1, 0.15) is 0 Å². The van der Waals surface area contributed by atoms with Gasteiger partial charge in [-0.15, -0.1) is 0 Å². The van der Waals surface area contributed by atoms with Crippen molar-refractivity contribution in [2.75, 3.05) is 6.61 Å². The van der Waals surface area contributed by atoms with E-state index in [4.69, 9.17) is 4.74 Å². The van der Waals surface area contributed by atoms with Gasteiger partial charge in [0.2, 0.25) is 0 Å². The quantitative estimate of drug-likeness (QED) is 0.652. The molecule has 0 radical (unpaired) electrons. The number of epoxide rings is 1. The van der Waals surface area contributed by atoms with Crippen LogP contribution >= 0.6 is 0 Å². The second-order valence-electron chi connectivity index (χ2n) is 4.40. The SMILES string of the molecule is CC(O)CC1CCC(C2CO2)C1. The summed E-state index contributed by atoms with van der Waals surface area (Å²) in [5.41, 5.74) is 0. The lowest BCUT2D eigenvalue weighted by atomic mass is 9.98. The van der Waals surface area contributed by atoms with Crippen molar-refractivity contribution in [3.05, 3.63) is 0 Å². The van der Waals surface area contributed by atoms with Crippen LogP contribution in [0.1, 0.15) is 32.6 Å². The molecule has 4 atom stereocenters. The molecule has 0 aromatic heterocycles. The minimum atomic E-state index is -0.117. The molecule has 0 amide bonds. The molecule has 1 N–H and O–H groups in total. The molecule has 2 fully saturated rings. The van der Waals surface area contributed by atoms with Crippen molar-refractivity contribution in [1.29, 1.82) is 0 Å². The maximum absolute atomic E-state index is 9.22. The Morgan fingerprint density at radius 1 is 1.50 bits per heavy atom. The monoisotopic (exact) mass is 170 g/mol. The Bertz CT molecular complexity index is 152. The van der Waals surface area contributed by atoms with E-state index in [1.165, 1.54) is 19.3 Å². The zero-order valence-corrected chi connectivity index (χ0v) is 7.70. The molecule has 1 saturated carbocycles. The van der Waals surface area contributed by atoms with Crippen LogP contribution in [0.3, 0.4) is 0 Å². The molecular weight excluding hydrogens is 152 g/mol. The molecule has 1 saturated heterocycles. The van der Waals surface area contributed by atoms with Gasteiger partial charge in [0, 0.05) is 0 Å². The summed E-state index contributed by atoms with van der Waals surface area (Å²) in [5.74, 6) is 1.58. The molecule has 12 heavy (non-hydrogen) atoms. The van der Waals surface area contributed by atoms with E-state index in [0.717, 1.165) is 24.9 Å². The van der Waals surface area contributed by atoms with Crippen LogP contribution in [0.25, 0.3) is 0 Å². The van der Waals surface area contributed by atoms with E-state index in [1.54, 1.807) is 0 Å². The number of hydrogen-bond acceptors (Lipinski definition) is 2. The maximum Gasteiger partial charge on any atom is 0.0838 e. The second kappa shape index (κ2) is 3.35. The summed E-state index contributed by atoms with van der Waals surface area (Å²) < 4.78 is 5.28. The average molecular weight is 170 g/mol. The first-order valence-corrected chi connectivity index (χ1v) is 5.05. The van der Waals surface area contributed by atoms with Crippen LogP contribution in [-0.4, -0.2) is 23.9 Å². The van der Waals surface area contributed by atoms with Crippen LogP contribution < -0.4 is 0 Å². The number of aliphatic hydroxyl groups is 1. The van der Waals surface area contributed by atoms with Gasteiger partial charge in [0.15, 0.2) is 0 Å². The lowest BCUT2D eigenvalue weighted by Crippen LogP contribution is -2.09. The summed E-state index contributed by atoms with van der Waals surface area (Å²) in [6.07, 6.45) is 5.37. The molecule has 70 valence electrons. The van der Waals surface area contributed by atoms with Crippen molar-refractivity contribution in [2.45, 2.75) is 44.8 Å². The van der Waals surface area contributed by atoms with Gasteiger partial charge < -0.3 is 9.84 Å². The number of ether oxygens (including phenoxy) is 1. The van der Waals surface area contributed by atoms with Crippen LogP contribution in [0.15, 0.2) is 0 Å². The van der Waals surface area contributed by atoms with Gasteiger partial charge in [-0.05, 0) is 44.4 Å². The van der Waals surface area contributed by atoms with Gasteiger partial charge in [-0.1, -0.05) is 0 Å². The van der Waals surface area contributed by atoms with Crippen molar-refractivity contribution in [1.82, 2.24) is 0 Å². The maximum atomic E-state index is 9.22. The van der Waals surface area contributed by atoms with E-state index in [-0.39, 0.29) is 6.10 Å². The molecule has 2 nitrogen and oxygen atoms in total. The fraction of sp³-hybridized carbons (Fsp3) is 1.00. The molecule has 0 bridgehead atoms. The highest BCUT2D eigenvalue weighted by atomic mass is 16.6. The third kappa shape index (κ3) is 1.99. The van der Waals surface area contributed by atoms with E-state index in [0.29, 0.717) is 6.10 Å². The molecule has 0 aromatic carbocycles. The van der Waals surface area contributed by atoms with Crippen molar-refractivity contribution in [3.8, 4) is 0 Å². The van der Waals surface area contributed by atoms with E-state index in [2.05, 4.69) is 0 Å². The van der Waals surface area contributed by atoms with Crippen LogP contribution in [0.2, 0.25) is 0 Å². The second-order valence-corrected chi connectivity index (χ2v) is 4.40. The molecule has 2 rings (SSSR count). The Hall–Kier alpha value is -0.0800. The first kappa shape index (κ1) is 8.52. The zero-order valence-electron chi connectivity index (χ0n) is 7.70. The van der Waals surface area contributed by atoms with Crippen molar-refractivity contribution >= 4 is 0 Å². The minimum Gasteiger partial charge on any atom is -0.393 e. The topological polar surface area (TPSA) is 32.8 Å². The molecule has 1 aliphatic heterocycles. The largest absolute Gasteiger partial charge is 0.393 e. The molecule has 2 heteroatoms. The van der Waals surface area contributed by atoms with Crippen LogP contribution in [-0.2, 0) is 4.74 Å². The van der Waals surface area contributed by atoms with Gasteiger partial charge >= 0.3 is 0 Å². The van der Waals surface area contributed by atoms with Gasteiger partial charge in [-0.3, -0.25) is 0 Å². The molecule has 1 heterocycles. The minimum absolute atomic E-state index is 0.117. The summed E-state index contributed by atoms with van der Waals surface area (Å²) >= 11 is 0. The van der Waals surface area contributed by atoms with Gasteiger partial charge in [0.05, 0.1) is 18.8 Å². The third-order valence-corrected chi connectivity index (χ3v) is 3.14. The molecule has 4 unspecified atom stereocenters. The number of hydrogen-bond donors (Lipinski definition) is 1. The van der Waals surface area contributed by atoms with E-state index in [9.17, 15) is 5.11 Å². The molecule has 1 aliphatic carbocycles. The van der Waals surface area contributed by atoms with E-state index < -0.39 is 0 Å². The van der Waals surface area contributed by atoms with Crippen LogP contribution in [0.4, 0.5) is 0 Å². The summed E-state index contributed by atoms with van der Waals surface area (Å²) in [5, 5.41) is 9.22. The standard InChI is InChI=1S/C10H18O2/c1-7(11)4-8-2-3-9(5-8)10-6-12-10/h7-11H,2-6H2,1H3. The lowest BCUT2D eigenvalue weighted by Gasteiger charge is -2.11. The first-order valence-electron chi connectivity index (χ1n) is 5.05. The number of aliphatic hydroxyl groups excluding tert-OH is 1. The molecule has 0 aromatic rings.